The van der Waals surface area contributed by atoms with Crippen LogP contribution in [-0.2, 0) is 14.3 Å². The van der Waals surface area contributed by atoms with Crippen molar-refractivity contribution in [1.29, 1.82) is 0 Å². The normalized spacial score (nSPS) is 31.1. The molecule has 0 aromatic carbocycles. The van der Waals surface area contributed by atoms with E-state index in [0.29, 0.717) is 5.78 Å². The SMILES string of the molecule is O=C1CCCC1CC=COC1CCCCO1. The molecule has 1 aliphatic carbocycles. The van der Waals surface area contributed by atoms with Gasteiger partial charge in [-0.25, -0.2) is 0 Å². The summed E-state index contributed by atoms with van der Waals surface area (Å²) in [4.78, 5) is 11.4. The summed E-state index contributed by atoms with van der Waals surface area (Å²) in [6.07, 6.45) is 10.6. The first-order valence-corrected chi connectivity index (χ1v) is 6.31. The molecular weight excluding hydrogens is 204 g/mol. The number of allylic oxidation sites excluding steroid dienone is 1. The summed E-state index contributed by atoms with van der Waals surface area (Å²) < 4.78 is 10.9. The van der Waals surface area contributed by atoms with Crippen LogP contribution in [0, 0.1) is 5.92 Å². The second-order valence-electron chi connectivity index (χ2n) is 4.60. The van der Waals surface area contributed by atoms with Crippen LogP contribution in [0.25, 0.3) is 0 Å². The van der Waals surface area contributed by atoms with Crippen molar-refractivity contribution in [3.8, 4) is 0 Å². The third kappa shape index (κ3) is 3.34. The summed E-state index contributed by atoms with van der Waals surface area (Å²) in [7, 11) is 0. The maximum Gasteiger partial charge on any atom is 0.198 e. The van der Waals surface area contributed by atoms with Gasteiger partial charge in [0.15, 0.2) is 6.29 Å². The van der Waals surface area contributed by atoms with Crippen LogP contribution < -0.4 is 0 Å². The second-order valence-corrected chi connectivity index (χ2v) is 4.60. The molecule has 0 aromatic rings. The van der Waals surface area contributed by atoms with Gasteiger partial charge >= 0.3 is 0 Å². The zero-order valence-corrected chi connectivity index (χ0v) is 9.69. The Balaban J connectivity index is 1.63. The van der Waals surface area contributed by atoms with E-state index < -0.39 is 0 Å². The van der Waals surface area contributed by atoms with Gasteiger partial charge in [0.1, 0.15) is 5.78 Å². The van der Waals surface area contributed by atoms with Crippen LogP contribution in [0.1, 0.15) is 44.9 Å². The molecule has 0 radical (unpaired) electrons. The Kier molecular flexibility index (Phi) is 4.40. The fourth-order valence-corrected chi connectivity index (χ4v) is 2.32. The number of carbonyl (C=O) groups excluding carboxylic acids is 1. The van der Waals surface area contributed by atoms with Crippen molar-refractivity contribution >= 4 is 5.78 Å². The first-order valence-electron chi connectivity index (χ1n) is 6.31. The number of rotatable bonds is 4. The van der Waals surface area contributed by atoms with Gasteiger partial charge in [0.2, 0.25) is 0 Å². The largest absolute Gasteiger partial charge is 0.473 e. The highest BCUT2D eigenvalue weighted by atomic mass is 16.7. The smallest absolute Gasteiger partial charge is 0.198 e. The molecule has 90 valence electrons. The summed E-state index contributed by atoms with van der Waals surface area (Å²) in [5.41, 5.74) is 0. The molecule has 0 spiro atoms. The first kappa shape index (κ1) is 11.6. The maximum absolute atomic E-state index is 11.4. The molecule has 3 nitrogen and oxygen atoms in total. The summed E-state index contributed by atoms with van der Waals surface area (Å²) in [5.74, 6) is 0.658. The van der Waals surface area contributed by atoms with E-state index in [1.54, 1.807) is 6.26 Å². The molecule has 0 bridgehead atoms. The van der Waals surface area contributed by atoms with Crippen LogP contribution in [0.5, 0.6) is 0 Å². The van der Waals surface area contributed by atoms with Crippen molar-refractivity contribution in [2.24, 2.45) is 5.92 Å². The van der Waals surface area contributed by atoms with Crippen LogP contribution in [0.15, 0.2) is 12.3 Å². The fourth-order valence-electron chi connectivity index (χ4n) is 2.32. The average Bonchev–Trinajstić information content (AvgIpc) is 2.72. The van der Waals surface area contributed by atoms with Crippen LogP contribution in [0.4, 0.5) is 0 Å². The highest BCUT2D eigenvalue weighted by Gasteiger charge is 2.22. The summed E-state index contributed by atoms with van der Waals surface area (Å²) in [6.45, 7) is 0.805. The lowest BCUT2D eigenvalue weighted by molar-refractivity contribution is -0.129. The molecule has 1 saturated carbocycles. The minimum Gasteiger partial charge on any atom is -0.473 e. The van der Waals surface area contributed by atoms with E-state index in [1.807, 2.05) is 6.08 Å². The van der Waals surface area contributed by atoms with E-state index >= 15 is 0 Å². The molecule has 2 rings (SSSR count). The maximum atomic E-state index is 11.4. The Labute approximate surface area is 96.8 Å². The van der Waals surface area contributed by atoms with Crippen molar-refractivity contribution in [1.82, 2.24) is 0 Å². The van der Waals surface area contributed by atoms with E-state index in [-0.39, 0.29) is 12.2 Å². The number of Topliss-reactive ketones (excluding diaryl/α,β-unsaturated/α-hetero) is 1. The predicted molar refractivity (Wildman–Crippen MR) is 60.8 cm³/mol. The zero-order chi connectivity index (χ0) is 11.2. The van der Waals surface area contributed by atoms with E-state index in [1.165, 1.54) is 6.42 Å². The summed E-state index contributed by atoms with van der Waals surface area (Å²) in [6, 6.07) is 0. The van der Waals surface area contributed by atoms with Gasteiger partial charge in [-0.3, -0.25) is 4.79 Å². The molecule has 1 aliphatic heterocycles. The Morgan fingerprint density at radius 1 is 1.31 bits per heavy atom. The number of carbonyl (C=O) groups is 1. The van der Waals surface area contributed by atoms with Crippen molar-refractivity contribution in [3.63, 3.8) is 0 Å². The van der Waals surface area contributed by atoms with Gasteiger partial charge in [0.05, 0.1) is 12.9 Å². The summed E-state index contributed by atoms with van der Waals surface area (Å²) >= 11 is 0. The third-order valence-corrected chi connectivity index (χ3v) is 3.32. The van der Waals surface area contributed by atoms with Gasteiger partial charge in [-0.05, 0) is 38.2 Å². The van der Waals surface area contributed by atoms with E-state index in [4.69, 9.17) is 9.47 Å². The highest BCUT2D eigenvalue weighted by molar-refractivity contribution is 5.82. The molecule has 0 aromatic heterocycles. The van der Waals surface area contributed by atoms with Crippen LogP contribution in [0.3, 0.4) is 0 Å². The van der Waals surface area contributed by atoms with Gasteiger partial charge < -0.3 is 9.47 Å². The molecule has 2 fully saturated rings. The minimum absolute atomic E-state index is 0.0655. The average molecular weight is 224 g/mol. The topological polar surface area (TPSA) is 35.5 Å². The van der Waals surface area contributed by atoms with Gasteiger partial charge in [-0.1, -0.05) is 0 Å². The lowest BCUT2D eigenvalue weighted by Crippen LogP contribution is -2.20. The number of hydrogen-bond acceptors (Lipinski definition) is 3. The van der Waals surface area contributed by atoms with E-state index in [2.05, 4.69) is 0 Å². The van der Waals surface area contributed by atoms with Crippen LogP contribution in [0.2, 0.25) is 0 Å². The molecule has 0 N–H and O–H groups in total. The van der Waals surface area contributed by atoms with Gasteiger partial charge in [-0.2, -0.15) is 0 Å². The Morgan fingerprint density at radius 3 is 2.94 bits per heavy atom. The van der Waals surface area contributed by atoms with Crippen molar-refractivity contribution in [2.45, 2.75) is 51.2 Å². The monoisotopic (exact) mass is 224 g/mol. The molecule has 1 heterocycles. The van der Waals surface area contributed by atoms with E-state index in [9.17, 15) is 4.79 Å². The molecule has 0 amide bonds. The quantitative estimate of drug-likeness (QED) is 0.689. The van der Waals surface area contributed by atoms with Crippen LogP contribution in [-0.4, -0.2) is 18.7 Å². The Hall–Kier alpha value is -0.830. The molecule has 2 atom stereocenters. The van der Waals surface area contributed by atoms with Crippen molar-refractivity contribution < 1.29 is 14.3 Å². The second kappa shape index (κ2) is 6.04. The van der Waals surface area contributed by atoms with E-state index in [0.717, 1.165) is 45.1 Å². The number of ketones is 1. The fraction of sp³-hybridized carbons (Fsp3) is 0.769. The van der Waals surface area contributed by atoms with Gasteiger partial charge in [-0.15, -0.1) is 0 Å². The highest BCUT2D eigenvalue weighted by Crippen LogP contribution is 2.24. The number of hydrogen-bond donors (Lipinski definition) is 0. The van der Waals surface area contributed by atoms with Crippen LogP contribution >= 0.6 is 0 Å². The predicted octanol–water partition coefficient (Wildman–Crippen LogP) is 2.80. The number of ether oxygens (including phenoxy) is 2. The lowest BCUT2D eigenvalue weighted by atomic mass is 10.0. The van der Waals surface area contributed by atoms with Gasteiger partial charge in [0.25, 0.3) is 0 Å². The molecule has 2 unspecified atom stereocenters. The lowest BCUT2D eigenvalue weighted by Gasteiger charge is -2.21. The third-order valence-electron chi connectivity index (χ3n) is 3.32. The summed E-state index contributed by atoms with van der Waals surface area (Å²) in [5, 5.41) is 0. The molecule has 16 heavy (non-hydrogen) atoms. The van der Waals surface area contributed by atoms with Crippen molar-refractivity contribution in [2.75, 3.05) is 6.61 Å². The molecule has 2 aliphatic rings. The zero-order valence-electron chi connectivity index (χ0n) is 9.69. The Morgan fingerprint density at radius 2 is 2.25 bits per heavy atom. The first-order chi connectivity index (χ1) is 7.86. The molecular formula is C13H20O3. The molecule has 1 saturated heterocycles. The standard InChI is InChI=1S/C13H20O3/c14-12-7-3-5-11(12)6-4-10-16-13-8-1-2-9-15-13/h4,10-11,13H,1-3,5-9H2. The van der Waals surface area contributed by atoms with Gasteiger partial charge in [0, 0.05) is 18.8 Å². The van der Waals surface area contributed by atoms with Crippen molar-refractivity contribution in [3.05, 3.63) is 12.3 Å². The molecule has 3 heteroatoms. The minimum atomic E-state index is -0.0655. The Bertz CT molecular complexity index is 254.